The largest absolute Gasteiger partial charge is 0.504 e. The molecule has 3 atom stereocenters. The number of anilines is 1. The van der Waals surface area contributed by atoms with Crippen molar-refractivity contribution in [3.8, 4) is 11.5 Å². The molecule has 8 N–H and O–H groups in total. The van der Waals surface area contributed by atoms with Gasteiger partial charge in [-0.15, -0.1) is 11.3 Å². The number of nitrogens with zero attached hydrogens (tertiary/aromatic N) is 5. The maximum atomic E-state index is 13.6. The number of aromatic hydroxyl groups is 2. The molecule has 0 unspecified atom stereocenters. The minimum absolute atomic E-state index is 0.00531. The van der Waals surface area contributed by atoms with Crippen LogP contribution >= 0.6 is 23.1 Å². The molecule has 5 amide bonds. The monoisotopic (exact) mass is 818 g/mol. The standard InChI is InChI=1S/C32H34N8O14S2/c1-12-14(5-6-16(41)21(12)44)22(45)24(47)34-10-18(43)23(46)36-40-8-7-39(30(40)53)32(28(51)52)11-38-25(48)15(26(38)56-32)9-17(42)20(19-13(2)55-29(33)35-19)37-54-31(3,4)27(49)50/h5-6,15,26,41,44H,7-11H2,1-4H3,(H2,33,35)(H,34,47)(H,36,46)(H,49,50)(H,51,52)/b37-20+/t15-,26-,32-/m1/s1. The molecule has 2 aromatic rings. The molecule has 24 heteroatoms. The van der Waals surface area contributed by atoms with Gasteiger partial charge < -0.3 is 41.2 Å². The number of nitrogen functional groups attached to an aromatic ring is 1. The predicted octanol–water partition coefficient (Wildman–Crippen LogP) is -1.05. The van der Waals surface area contributed by atoms with Crippen LogP contribution < -0.4 is 16.5 Å². The topological polar surface area (TPSA) is 329 Å². The van der Waals surface area contributed by atoms with Crippen LogP contribution in [-0.4, -0.2) is 141 Å². The summed E-state index contributed by atoms with van der Waals surface area (Å²) < 4.78 is 0. The number of β-lactam (4-membered cyclic amide) rings is 1. The van der Waals surface area contributed by atoms with E-state index < -0.39 is 112 Å². The number of hydrogen-bond acceptors (Lipinski definition) is 17. The van der Waals surface area contributed by atoms with Gasteiger partial charge in [0.1, 0.15) is 5.69 Å². The van der Waals surface area contributed by atoms with Crippen molar-refractivity contribution >= 4 is 87.0 Å². The van der Waals surface area contributed by atoms with Crippen molar-refractivity contribution in [2.75, 3.05) is 31.9 Å². The molecule has 0 radical (unpaired) electrons. The number of rotatable bonds is 15. The SMILES string of the molecule is Cc1sc(N)nc1/C(=N/OC(C)(C)C(=O)O)C(=O)C[C@@H]1C(=O)N2C[C@@](C(=O)O)(N3CCN(NC(=O)C(=O)CNC(=O)C(=O)c4ccc(O)c(O)c4C)C3=O)S[C@H]12. The lowest BCUT2D eigenvalue weighted by atomic mass is 9.90. The highest BCUT2D eigenvalue weighted by atomic mass is 32.2. The number of aryl methyl sites for hydroxylation is 1. The zero-order valence-corrected chi connectivity index (χ0v) is 31.5. The second kappa shape index (κ2) is 15.1. The van der Waals surface area contributed by atoms with Gasteiger partial charge in [0.2, 0.25) is 22.2 Å². The van der Waals surface area contributed by atoms with Gasteiger partial charge in [-0.05, 0) is 39.8 Å². The molecule has 0 aliphatic carbocycles. The van der Waals surface area contributed by atoms with Crippen molar-refractivity contribution in [1.29, 1.82) is 0 Å². The number of phenolic OH excluding ortho intramolecular Hbond substituents is 2. The Labute approximate surface area is 323 Å². The van der Waals surface area contributed by atoms with Gasteiger partial charge >= 0.3 is 23.9 Å². The van der Waals surface area contributed by atoms with Crippen molar-refractivity contribution in [2.45, 2.75) is 50.0 Å². The highest BCUT2D eigenvalue weighted by Gasteiger charge is 2.66. The number of hydrogen-bond donors (Lipinski definition) is 7. The van der Waals surface area contributed by atoms with E-state index in [0.717, 1.165) is 28.4 Å². The average molecular weight is 819 g/mol. The Balaban J connectivity index is 1.23. The smallest absolute Gasteiger partial charge is 0.350 e. The summed E-state index contributed by atoms with van der Waals surface area (Å²) in [7, 11) is 0. The van der Waals surface area contributed by atoms with E-state index in [-0.39, 0.29) is 35.0 Å². The highest BCUT2D eigenvalue weighted by Crippen LogP contribution is 2.53. The Hall–Kier alpha value is -6.30. The number of carbonyl (C=O) groups is 9. The van der Waals surface area contributed by atoms with E-state index in [4.69, 9.17) is 10.6 Å². The number of benzene rings is 1. The molecule has 3 fully saturated rings. The van der Waals surface area contributed by atoms with Crippen LogP contribution in [0.25, 0.3) is 0 Å². The number of carboxylic acids is 2. The summed E-state index contributed by atoms with van der Waals surface area (Å²) in [5.41, 5.74) is 5.20. The molecule has 0 bridgehead atoms. The molecule has 0 saturated carbocycles. The number of nitrogens with one attached hydrogen (secondary N) is 2. The number of urea groups is 1. The second-order valence-corrected chi connectivity index (χ2v) is 15.8. The van der Waals surface area contributed by atoms with Gasteiger partial charge in [0.25, 0.3) is 11.7 Å². The first-order valence-electron chi connectivity index (χ1n) is 16.4. The number of amides is 5. The zero-order valence-electron chi connectivity index (χ0n) is 29.8. The van der Waals surface area contributed by atoms with Gasteiger partial charge in [-0.2, -0.15) is 0 Å². The molecule has 4 heterocycles. The molecule has 0 spiro atoms. The molecule has 3 aliphatic rings. The number of thiazole rings is 1. The summed E-state index contributed by atoms with van der Waals surface area (Å²) in [5.74, 6) is -11.7. The highest BCUT2D eigenvalue weighted by molar-refractivity contribution is 8.02. The van der Waals surface area contributed by atoms with E-state index in [1.54, 1.807) is 6.92 Å². The van der Waals surface area contributed by atoms with E-state index in [1.807, 2.05) is 10.7 Å². The molecule has 56 heavy (non-hydrogen) atoms. The fourth-order valence-corrected chi connectivity index (χ4v) is 8.22. The van der Waals surface area contributed by atoms with Crippen molar-refractivity contribution in [3.05, 3.63) is 33.8 Å². The first kappa shape index (κ1) is 40.9. The quantitative estimate of drug-likeness (QED) is 0.0281. The number of ketones is 3. The summed E-state index contributed by atoms with van der Waals surface area (Å²) >= 11 is 1.73. The molecular formula is C32H34N8O14S2. The summed E-state index contributed by atoms with van der Waals surface area (Å²) in [6, 6.07) is 1.01. The Morgan fingerprint density at radius 3 is 2.34 bits per heavy atom. The predicted molar refractivity (Wildman–Crippen MR) is 191 cm³/mol. The third-order valence-electron chi connectivity index (χ3n) is 9.08. The number of nitrogens with two attached hydrogens (primary N) is 1. The maximum Gasteiger partial charge on any atom is 0.350 e. The van der Waals surface area contributed by atoms with Crippen molar-refractivity contribution < 1.29 is 68.4 Å². The Morgan fingerprint density at radius 1 is 1.05 bits per heavy atom. The fourth-order valence-electron chi connectivity index (χ4n) is 5.84. The number of Topliss-reactive ketones (excluding diaryl/α,β-unsaturated/α-hetero) is 3. The van der Waals surface area contributed by atoms with Crippen LogP contribution in [0.2, 0.25) is 0 Å². The number of phenols is 2. The first-order chi connectivity index (χ1) is 26.1. The van der Waals surface area contributed by atoms with E-state index in [0.29, 0.717) is 21.6 Å². The Kier molecular flexibility index (Phi) is 11.0. The van der Waals surface area contributed by atoms with Gasteiger partial charge in [0, 0.05) is 29.0 Å². The van der Waals surface area contributed by atoms with Crippen molar-refractivity contribution in [2.24, 2.45) is 11.1 Å². The van der Waals surface area contributed by atoms with Crippen LogP contribution in [0.4, 0.5) is 9.93 Å². The molecule has 3 aliphatic heterocycles. The van der Waals surface area contributed by atoms with E-state index in [9.17, 15) is 63.6 Å². The number of oxime groups is 1. The van der Waals surface area contributed by atoms with Crippen LogP contribution in [0.5, 0.6) is 11.5 Å². The fraction of sp³-hybridized carbons (Fsp3) is 0.406. The molecule has 22 nitrogen and oxygen atoms in total. The van der Waals surface area contributed by atoms with Crippen LogP contribution in [0, 0.1) is 19.8 Å². The van der Waals surface area contributed by atoms with E-state index >= 15 is 0 Å². The maximum absolute atomic E-state index is 13.6. The summed E-state index contributed by atoms with van der Waals surface area (Å²) in [5, 5.41) is 44.8. The Bertz CT molecular complexity index is 2140. The number of aliphatic carboxylic acids is 2. The van der Waals surface area contributed by atoms with E-state index in [1.165, 1.54) is 25.7 Å². The van der Waals surface area contributed by atoms with Gasteiger partial charge in [0.15, 0.2) is 28.1 Å². The average Bonchev–Trinajstić information content (AvgIpc) is 3.80. The number of carboxylic acid groups (broad SMARTS) is 2. The number of thioether (sulfide) groups is 1. The molecular weight excluding hydrogens is 785 g/mol. The molecule has 1 aromatic heterocycles. The molecule has 5 rings (SSSR count). The summed E-state index contributed by atoms with van der Waals surface area (Å²) in [6.07, 6.45) is -0.521. The third-order valence-corrected chi connectivity index (χ3v) is 11.6. The third kappa shape index (κ3) is 7.38. The van der Waals surface area contributed by atoms with E-state index in [2.05, 4.69) is 10.1 Å². The summed E-state index contributed by atoms with van der Waals surface area (Å²) in [4.78, 5) is 124. The van der Waals surface area contributed by atoms with Crippen LogP contribution in [0.1, 0.15) is 46.8 Å². The van der Waals surface area contributed by atoms with Crippen LogP contribution in [0.3, 0.4) is 0 Å². The number of hydrazine groups is 1. The number of carbonyl (C=O) groups excluding carboxylic acids is 7. The second-order valence-electron chi connectivity index (χ2n) is 13.2. The van der Waals surface area contributed by atoms with Crippen molar-refractivity contribution in [1.82, 2.24) is 30.5 Å². The summed E-state index contributed by atoms with van der Waals surface area (Å²) in [6.45, 7) is 3.18. The lowest BCUT2D eigenvalue weighted by Gasteiger charge is -2.40. The normalized spacial score (nSPS) is 20.6. The first-order valence-corrected chi connectivity index (χ1v) is 18.1. The van der Waals surface area contributed by atoms with Crippen LogP contribution in [-0.2, 0) is 38.4 Å². The minimum atomic E-state index is -2.08. The van der Waals surface area contributed by atoms with Crippen LogP contribution in [0.15, 0.2) is 17.3 Å². The van der Waals surface area contributed by atoms with Gasteiger partial charge in [0.05, 0.1) is 30.9 Å². The molecule has 1 aromatic carbocycles. The number of fused-ring (bicyclic) bond motifs is 1. The van der Waals surface area contributed by atoms with Crippen molar-refractivity contribution in [3.63, 3.8) is 0 Å². The molecule has 3 saturated heterocycles. The zero-order chi connectivity index (χ0) is 41.6. The minimum Gasteiger partial charge on any atom is -0.504 e. The number of aromatic nitrogens is 1. The van der Waals surface area contributed by atoms with Gasteiger partial charge in [-0.25, -0.2) is 24.4 Å². The Morgan fingerprint density at radius 2 is 1.73 bits per heavy atom. The lowest BCUT2D eigenvalue weighted by Crippen LogP contribution is -2.60. The molecule has 298 valence electrons. The lowest BCUT2D eigenvalue weighted by molar-refractivity contribution is -0.161. The van der Waals surface area contributed by atoms with Gasteiger partial charge in [-0.3, -0.25) is 39.1 Å². The van der Waals surface area contributed by atoms with Gasteiger partial charge in [-0.1, -0.05) is 16.9 Å².